The van der Waals surface area contributed by atoms with E-state index in [1.54, 1.807) is 6.08 Å². The Balaban J connectivity index is 1.68. The third-order valence-corrected chi connectivity index (χ3v) is 8.12. The van der Waals surface area contributed by atoms with E-state index in [0.717, 1.165) is 37.9 Å². The number of esters is 1. The lowest BCUT2D eigenvalue weighted by Crippen LogP contribution is -2.76. The molecule has 7 rings (SSSR count). The summed E-state index contributed by atoms with van der Waals surface area (Å²) >= 11 is 0. The number of nitrogens with zero attached hydrogens (tertiary/aromatic N) is 1. The van der Waals surface area contributed by atoms with Crippen LogP contribution in [0.15, 0.2) is 36.4 Å². The predicted octanol–water partition coefficient (Wildman–Crippen LogP) is 2.23. The van der Waals surface area contributed by atoms with E-state index in [9.17, 15) is 9.59 Å². The number of amides is 1. The van der Waals surface area contributed by atoms with E-state index in [1.807, 2.05) is 6.07 Å². The van der Waals surface area contributed by atoms with Crippen LogP contribution in [0.3, 0.4) is 0 Å². The van der Waals surface area contributed by atoms with Gasteiger partial charge in [0.05, 0.1) is 24.6 Å². The van der Waals surface area contributed by atoms with Crippen molar-refractivity contribution in [2.24, 2.45) is 11.3 Å². The van der Waals surface area contributed by atoms with Crippen LogP contribution in [0.5, 0.6) is 0 Å². The highest BCUT2D eigenvalue weighted by molar-refractivity contribution is 5.91. The van der Waals surface area contributed by atoms with Crippen molar-refractivity contribution in [1.82, 2.24) is 4.90 Å². The molecule has 26 heavy (non-hydrogen) atoms. The number of carbonyl (C=O) groups excluding carboxylic acids is 2. The zero-order chi connectivity index (χ0) is 17.7. The number of nitrogens with one attached hydrogen (secondary N) is 1. The van der Waals surface area contributed by atoms with E-state index in [-0.39, 0.29) is 40.2 Å². The van der Waals surface area contributed by atoms with Gasteiger partial charge in [0.2, 0.25) is 5.91 Å². The molecule has 5 unspecified atom stereocenters. The molecule has 5 heteroatoms. The summed E-state index contributed by atoms with van der Waals surface area (Å²) in [7, 11) is 1.49. The van der Waals surface area contributed by atoms with Gasteiger partial charge in [-0.15, -0.1) is 0 Å². The summed E-state index contributed by atoms with van der Waals surface area (Å²) in [5, 5.41) is 3.80. The smallest absolute Gasteiger partial charge is 0.311 e. The van der Waals surface area contributed by atoms with Crippen LogP contribution in [0.1, 0.15) is 31.2 Å². The largest absolute Gasteiger partial charge is 0.469 e. The van der Waals surface area contributed by atoms with Gasteiger partial charge in [-0.3, -0.25) is 9.59 Å². The minimum absolute atomic E-state index is 0.119. The van der Waals surface area contributed by atoms with Crippen LogP contribution < -0.4 is 5.32 Å². The van der Waals surface area contributed by atoms with Gasteiger partial charge in [0.1, 0.15) is 0 Å². The number of carbonyl (C=O) groups is 2. The summed E-state index contributed by atoms with van der Waals surface area (Å²) in [5.74, 6) is -0.187. The van der Waals surface area contributed by atoms with E-state index in [0.29, 0.717) is 0 Å². The molecule has 2 bridgehead atoms. The Hall–Kier alpha value is -2.30. The maximum absolute atomic E-state index is 12.9. The lowest BCUT2D eigenvalue weighted by Gasteiger charge is -2.67. The Kier molecular flexibility index (Phi) is 2.47. The Morgan fingerprint density at radius 3 is 2.96 bits per heavy atom. The second-order valence-corrected chi connectivity index (χ2v) is 8.64. The molecular formula is C21H22N2O3. The molecule has 3 spiro atoms. The molecule has 0 radical (unpaired) electrons. The van der Waals surface area contributed by atoms with Crippen molar-refractivity contribution in [2.45, 2.75) is 42.7 Å². The fraction of sp³-hybridized carbons (Fsp3) is 0.524. The number of ether oxygens (including phenoxy) is 1. The number of benzene rings is 1. The third-order valence-electron chi connectivity index (χ3n) is 8.12. The second kappa shape index (κ2) is 4.33. The summed E-state index contributed by atoms with van der Waals surface area (Å²) in [4.78, 5) is 27.6. The molecule has 134 valence electrons. The van der Waals surface area contributed by atoms with Crippen LogP contribution >= 0.6 is 0 Å². The highest BCUT2D eigenvalue weighted by Crippen LogP contribution is 2.73. The van der Waals surface area contributed by atoms with Crippen molar-refractivity contribution in [1.29, 1.82) is 0 Å². The van der Waals surface area contributed by atoms with E-state index < -0.39 is 0 Å². The Morgan fingerprint density at radius 1 is 1.27 bits per heavy atom. The van der Waals surface area contributed by atoms with Gasteiger partial charge < -0.3 is 15.0 Å². The molecule has 1 saturated heterocycles. The van der Waals surface area contributed by atoms with Crippen LogP contribution in [0.4, 0.5) is 5.69 Å². The number of methoxy groups -OCH3 is 1. The summed E-state index contributed by atoms with van der Waals surface area (Å²) in [6, 6.07) is 8.59. The van der Waals surface area contributed by atoms with E-state index in [2.05, 4.69) is 34.5 Å². The molecule has 1 N–H and O–H groups in total. The molecule has 5 nitrogen and oxygen atoms in total. The Labute approximate surface area is 152 Å². The van der Waals surface area contributed by atoms with Gasteiger partial charge in [0, 0.05) is 23.1 Å². The SMILES string of the molecule is COC(=O)C1CC23C=CC(=O)N4CCC5(c6ccccc6NC15CC2)C43. The standard InChI is InChI=1S/C21H22N2O3/c1-26-17(25)14-12-19-7-6-16(24)23-11-10-20(18(19)23)13-4-2-3-5-15(13)22-21(14,20)9-8-19/h2-7,14,18,22H,8-12H2,1H3. The van der Waals surface area contributed by atoms with E-state index in [4.69, 9.17) is 4.74 Å². The maximum Gasteiger partial charge on any atom is 0.311 e. The van der Waals surface area contributed by atoms with Crippen LogP contribution in [0.2, 0.25) is 0 Å². The average Bonchev–Trinajstić information content (AvgIpc) is 3.23. The van der Waals surface area contributed by atoms with Gasteiger partial charge in [0.25, 0.3) is 0 Å². The zero-order valence-electron chi connectivity index (χ0n) is 14.8. The lowest BCUT2D eigenvalue weighted by atomic mass is 9.40. The Morgan fingerprint density at radius 2 is 2.12 bits per heavy atom. The van der Waals surface area contributed by atoms with Gasteiger partial charge in [-0.05, 0) is 43.4 Å². The Bertz CT molecular complexity index is 895. The zero-order valence-corrected chi connectivity index (χ0v) is 14.8. The normalized spacial score (nSPS) is 43.6. The number of anilines is 1. The number of hydrogen-bond acceptors (Lipinski definition) is 4. The van der Waals surface area contributed by atoms with Crippen molar-refractivity contribution < 1.29 is 14.3 Å². The minimum atomic E-state index is -0.351. The van der Waals surface area contributed by atoms with Crippen molar-refractivity contribution in [3.63, 3.8) is 0 Å². The maximum atomic E-state index is 12.9. The van der Waals surface area contributed by atoms with Gasteiger partial charge in [0.15, 0.2) is 0 Å². The molecule has 0 aromatic heterocycles. The van der Waals surface area contributed by atoms with Crippen molar-refractivity contribution in [3.05, 3.63) is 42.0 Å². The second-order valence-electron chi connectivity index (χ2n) is 8.64. The van der Waals surface area contributed by atoms with Gasteiger partial charge >= 0.3 is 5.97 Å². The molecule has 1 aromatic carbocycles. The lowest BCUT2D eigenvalue weighted by molar-refractivity contribution is -0.164. The van der Waals surface area contributed by atoms with Crippen molar-refractivity contribution >= 4 is 17.6 Å². The monoisotopic (exact) mass is 350 g/mol. The summed E-state index contributed by atoms with van der Waals surface area (Å²) < 4.78 is 5.26. The number of para-hydroxylation sites is 1. The minimum Gasteiger partial charge on any atom is -0.469 e. The van der Waals surface area contributed by atoms with Crippen molar-refractivity contribution in [3.8, 4) is 0 Å². The molecule has 6 aliphatic rings. The molecule has 3 aliphatic heterocycles. The molecule has 4 fully saturated rings. The molecule has 1 aromatic rings. The molecular weight excluding hydrogens is 328 g/mol. The highest BCUT2D eigenvalue weighted by Gasteiger charge is 2.79. The molecule has 3 aliphatic carbocycles. The first-order valence-electron chi connectivity index (χ1n) is 9.53. The van der Waals surface area contributed by atoms with Crippen LogP contribution in [0.25, 0.3) is 0 Å². The van der Waals surface area contributed by atoms with Gasteiger partial charge in [-0.25, -0.2) is 0 Å². The van der Waals surface area contributed by atoms with Crippen LogP contribution in [0, 0.1) is 11.3 Å². The van der Waals surface area contributed by atoms with Crippen molar-refractivity contribution in [2.75, 3.05) is 19.0 Å². The average molecular weight is 350 g/mol. The fourth-order valence-electron chi connectivity index (χ4n) is 7.38. The molecule has 1 amide bonds. The van der Waals surface area contributed by atoms with E-state index in [1.165, 1.54) is 12.7 Å². The predicted molar refractivity (Wildman–Crippen MR) is 95.5 cm³/mol. The first-order valence-corrected chi connectivity index (χ1v) is 9.53. The quantitative estimate of drug-likeness (QED) is 0.789. The topological polar surface area (TPSA) is 58.6 Å². The molecule has 3 heterocycles. The first-order chi connectivity index (χ1) is 12.6. The van der Waals surface area contributed by atoms with Crippen LogP contribution in [-0.2, 0) is 19.7 Å². The van der Waals surface area contributed by atoms with Crippen LogP contribution in [-0.4, -0.2) is 42.0 Å². The van der Waals surface area contributed by atoms with Gasteiger partial charge in [-0.1, -0.05) is 24.3 Å². The number of fused-ring (bicyclic) bond motifs is 3. The first kappa shape index (κ1) is 14.8. The molecule has 5 atom stereocenters. The number of hydrogen-bond donors (Lipinski definition) is 1. The summed E-state index contributed by atoms with van der Waals surface area (Å²) in [6.45, 7) is 0.765. The molecule has 3 saturated carbocycles. The van der Waals surface area contributed by atoms with E-state index >= 15 is 0 Å². The van der Waals surface area contributed by atoms with Gasteiger partial charge in [-0.2, -0.15) is 0 Å². The summed E-state index contributed by atoms with van der Waals surface area (Å²) in [5.41, 5.74) is 1.73. The third kappa shape index (κ3) is 1.30. The number of rotatable bonds is 1. The highest BCUT2D eigenvalue weighted by atomic mass is 16.5. The summed E-state index contributed by atoms with van der Waals surface area (Å²) in [6.07, 6.45) is 7.48. The fourth-order valence-corrected chi connectivity index (χ4v) is 7.38.